The van der Waals surface area contributed by atoms with Crippen molar-refractivity contribution in [3.05, 3.63) is 54.1 Å². The highest BCUT2D eigenvalue weighted by atomic mass is 16.3. The molecular weight excluding hydrogens is 254 g/mol. The Morgan fingerprint density at radius 2 is 2.15 bits per heavy atom. The Morgan fingerprint density at radius 3 is 2.80 bits per heavy atom. The minimum atomic E-state index is -0.0975. The number of aromatic hydroxyl groups is 1. The van der Waals surface area contributed by atoms with Crippen LogP contribution >= 0.6 is 0 Å². The van der Waals surface area contributed by atoms with E-state index in [2.05, 4.69) is 9.97 Å². The molecule has 1 saturated carbocycles. The summed E-state index contributed by atoms with van der Waals surface area (Å²) in [6.45, 7) is 0.535. The maximum atomic E-state index is 12.5. The third-order valence-corrected chi connectivity index (χ3v) is 3.29. The molecule has 0 saturated heterocycles. The fourth-order valence-electron chi connectivity index (χ4n) is 2.15. The van der Waals surface area contributed by atoms with Crippen molar-refractivity contribution in [2.24, 2.45) is 0 Å². The summed E-state index contributed by atoms with van der Waals surface area (Å²) in [6, 6.07) is 5.55. The number of nitrogens with zero attached hydrogens (tertiary/aromatic N) is 3. The van der Waals surface area contributed by atoms with Gasteiger partial charge in [0.2, 0.25) is 0 Å². The lowest BCUT2D eigenvalue weighted by molar-refractivity contribution is 0.0729. The molecule has 5 heteroatoms. The van der Waals surface area contributed by atoms with E-state index in [1.54, 1.807) is 12.4 Å². The molecule has 20 heavy (non-hydrogen) atoms. The molecule has 2 heterocycles. The van der Waals surface area contributed by atoms with Crippen LogP contribution < -0.4 is 0 Å². The van der Waals surface area contributed by atoms with Crippen molar-refractivity contribution in [1.29, 1.82) is 0 Å². The highest BCUT2D eigenvalue weighted by molar-refractivity contribution is 5.94. The van der Waals surface area contributed by atoms with Crippen LogP contribution in [0.2, 0.25) is 0 Å². The molecule has 102 valence electrons. The number of carbonyl (C=O) groups excluding carboxylic acids is 1. The quantitative estimate of drug-likeness (QED) is 0.921. The number of hydrogen-bond acceptors (Lipinski definition) is 4. The second-order valence-electron chi connectivity index (χ2n) is 4.96. The molecule has 5 nitrogen and oxygen atoms in total. The van der Waals surface area contributed by atoms with E-state index in [0.717, 1.165) is 18.4 Å². The molecule has 1 aliphatic rings. The van der Waals surface area contributed by atoms with Crippen molar-refractivity contribution in [2.75, 3.05) is 0 Å². The smallest absolute Gasteiger partial charge is 0.256 e. The molecule has 0 unspecified atom stereocenters. The Bertz CT molecular complexity index is 612. The van der Waals surface area contributed by atoms with Crippen LogP contribution in [0.1, 0.15) is 28.8 Å². The van der Waals surface area contributed by atoms with Gasteiger partial charge in [-0.3, -0.25) is 14.8 Å². The van der Waals surface area contributed by atoms with Crippen LogP contribution in [0.5, 0.6) is 5.75 Å². The number of pyridine rings is 2. The second-order valence-corrected chi connectivity index (χ2v) is 4.96. The Hall–Kier alpha value is -2.43. The maximum Gasteiger partial charge on any atom is 0.256 e. The fourth-order valence-corrected chi connectivity index (χ4v) is 2.15. The first-order valence-electron chi connectivity index (χ1n) is 6.58. The van der Waals surface area contributed by atoms with Crippen LogP contribution in [0.15, 0.2) is 43.0 Å². The molecule has 1 amide bonds. The van der Waals surface area contributed by atoms with Crippen LogP contribution in [-0.4, -0.2) is 31.9 Å². The molecule has 0 bridgehead atoms. The number of amides is 1. The Morgan fingerprint density at radius 1 is 1.30 bits per heavy atom. The zero-order chi connectivity index (χ0) is 13.9. The Labute approximate surface area is 116 Å². The van der Waals surface area contributed by atoms with E-state index in [9.17, 15) is 9.90 Å². The van der Waals surface area contributed by atoms with Crippen molar-refractivity contribution in [2.45, 2.75) is 25.4 Å². The summed E-state index contributed by atoms with van der Waals surface area (Å²) in [7, 11) is 0. The van der Waals surface area contributed by atoms with Gasteiger partial charge in [-0.1, -0.05) is 6.07 Å². The van der Waals surface area contributed by atoms with Crippen molar-refractivity contribution >= 4 is 5.91 Å². The summed E-state index contributed by atoms with van der Waals surface area (Å²) in [5, 5.41) is 9.44. The van der Waals surface area contributed by atoms with E-state index in [-0.39, 0.29) is 17.7 Å². The Balaban J connectivity index is 1.82. The number of aromatic nitrogens is 2. The maximum absolute atomic E-state index is 12.5. The monoisotopic (exact) mass is 269 g/mol. The van der Waals surface area contributed by atoms with Crippen molar-refractivity contribution in [3.8, 4) is 5.75 Å². The van der Waals surface area contributed by atoms with Gasteiger partial charge >= 0.3 is 0 Å². The van der Waals surface area contributed by atoms with E-state index in [4.69, 9.17) is 0 Å². The summed E-state index contributed by atoms with van der Waals surface area (Å²) in [5.74, 6) is -0.0901. The van der Waals surface area contributed by atoms with E-state index >= 15 is 0 Å². The molecular formula is C15H15N3O2. The standard InChI is InChI=1S/C15H15N3O2/c19-14-6-12(8-17-9-14)15(20)18(13-3-4-13)10-11-2-1-5-16-7-11/h1-2,5-9,13,19H,3-4,10H2. The lowest BCUT2D eigenvalue weighted by Gasteiger charge is -2.22. The minimum absolute atomic E-state index is 0.00738. The molecule has 1 aliphatic carbocycles. The fraction of sp³-hybridized carbons (Fsp3) is 0.267. The Kier molecular flexibility index (Phi) is 3.33. The first-order chi connectivity index (χ1) is 9.74. The number of carbonyl (C=O) groups is 1. The van der Waals surface area contributed by atoms with Crippen LogP contribution in [-0.2, 0) is 6.54 Å². The highest BCUT2D eigenvalue weighted by Crippen LogP contribution is 2.30. The summed E-state index contributed by atoms with van der Waals surface area (Å²) >= 11 is 0. The topological polar surface area (TPSA) is 66.3 Å². The zero-order valence-electron chi connectivity index (χ0n) is 10.9. The van der Waals surface area contributed by atoms with E-state index < -0.39 is 0 Å². The van der Waals surface area contributed by atoms with Gasteiger partial charge in [0, 0.05) is 31.2 Å². The zero-order valence-corrected chi connectivity index (χ0v) is 10.9. The summed E-state index contributed by atoms with van der Waals surface area (Å²) in [4.78, 5) is 22.3. The van der Waals surface area contributed by atoms with Gasteiger partial charge in [0.1, 0.15) is 5.75 Å². The molecule has 1 fully saturated rings. The summed E-state index contributed by atoms with van der Waals surface area (Å²) in [5.41, 5.74) is 1.42. The summed E-state index contributed by atoms with van der Waals surface area (Å²) < 4.78 is 0. The average molecular weight is 269 g/mol. The molecule has 0 aromatic carbocycles. The molecule has 0 radical (unpaired) electrons. The van der Waals surface area contributed by atoms with Gasteiger partial charge in [0.25, 0.3) is 5.91 Å². The SMILES string of the molecule is O=C(c1cncc(O)c1)N(Cc1cccnc1)C1CC1. The highest BCUT2D eigenvalue weighted by Gasteiger charge is 2.33. The third-order valence-electron chi connectivity index (χ3n) is 3.29. The third kappa shape index (κ3) is 2.77. The van der Waals surface area contributed by atoms with E-state index in [1.165, 1.54) is 18.5 Å². The first-order valence-corrected chi connectivity index (χ1v) is 6.58. The molecule has 2 aromatic heterocycles. The van der Waals surface area contributed by atoms with Crippen LogP contribution in [0.4, 0.5) is 0 Å². The molecule has 3 rings (SSSR count). The second kappa shape index (κ2) is 5.28. The van der Waals surface area contributed by atoms with Crippen molar-refractivity contribution in [3.63, 3.8) is 0 Å². The minimum Gasteiger partial charge on any atom is -0.506 e. The van der Waals surface area contributed by atoms with Gasteiger partial charge in [-0.05, 0) is 30.5 Å². The van der Waals surface area contributed by atoms with Crippen LogP contribution in [0, 0.1) is 0 Å². The van der Waals surface area contributed by atoms with Gasteiger partial charge in [-0.15, -0.1) is 0 Å². The van der Waals surface area contributed by atoms with Gasteiger partial charge in [0.05, 0.1) is 11.8 Å². The van der Waals surface area contributed by atoms with Crippen LogP contribution in [0.3, 0.4) is 0 Å². The predicted octanol–water partition coefficient (Wildman–Crippen LogP) is 1.99. The van der Waals surface area contributed by atoms with Crippen molar-refractivity contribution in [1.82, 2.24) is 14.9 Å². The summed E-state index contributed by atoms with van der Waals surface area (Å²) in [6.07, 6.45) is 8.34. The molecule has 2 aromatic rings. The van der Waals surface area contributed by atoms with E-state index in [0.29, 0.717) is 12.1 Å². The number of rotatable bonds is 4. The van der Waals surface area contributed by atoms with Crippen molar-refractivity contribution < 1.29 is 9.90 Å². The lowest BCUT2D eigenvalue weighted by Crippen LogP contribution is -2.32. The van der Waals surface area contributed by atoms with Gasteiger partial charge < -0.3 is 10.0 Å². The average Bonchev–Trinajstić information content (AvgIpc) is 3.30. The number of hydrogen-bond donors (Lipinski definition) is 1. The largest absolute Gasteiger partial charge is 0.506 e. The van der Waals surface area contributed by atoms with Gasteiger partial charge in [-0.25, -0.2) is 0 Å². The predicted molar refractivity (Wildman–Crippen MR) is 73.0 cm³/mol. The lowest BCUT2D eigenvalue weighted by atomic mass is 10.2. The van der Waals surface area contributed by atoms with Crippen LogP contribution in [0.25, 0.3) is 0 Å². The molecule has 0 aliphatic heterocycles. The van der Waals surface area contributed by atoms with E-state index in [1.807, 2.05) is 17.0 Å². The molecule has 0 spiro atoms. The molecule has 1 N–H and O–H groups in total. The first kappa shape index (κ1) is 12.6. The van der Waals surface area contributed by atoms with Gasteiger partial charge in [-0.2, -0.15) is 0 Å². The molecule has 0 atom stereocenters. The van der Waals surface area contributed by atoms with Gasteiger partial charge in [0.15, 0.2) is 0 Å². The normalized spacial score (nSPS) is 14.0.